The molecule has 0 radical (unpaired) electrons. The molecule has 0 amide bonds. The average molecular weight is 278 g/mol. The van der Waals surface area contributed by atoms with E-state index in [0.717, 1.165) is 11.3 Å². The van der Waals surface area contributed by atoms with E-state index in [4.69, 9.17) is 22.4 Å². The van der Waals surface area contributed by atoms with Crippen LogP contribution in [0.25, 0.3) is 0 Å². The Balaban J connectivity index is 0.000000437. The van der Waals surface area contributed by atoms with Crippen LogP contribution in [0.3, 0.4) is 0 Å². The average Bonchev–Trinajstić information content (AvgIpc) is 2.62. The molecule has 0 aromatic carbocycles. The summed E-state index contributed by atoms with van der Waals surface area (Å²) < 4.78 is 0. The van der Waals surface area contributed by atoms with Crippen molar-refractivity contribution < 1.29 is 9.90 Å². The molecule has 0 saturated carbocycles. The minimum absolute atomic E-state index is 0.0249. The van der Waals surface area contributed by atoms with Crippen LogP contribution in [0.5, 0.6) is 0 Å². The van der Waals surface area contributed by atoms with Gasteiger partial charge in [0.1, 0.15) is 4.88 Å². The number of hydrogen-bond acceptors (Lipinski definition) is 3. The molecule has 1 unspecified atom stereocenters. The molecule has 3 N–H and O–H groups in total. The summed E-state index contributed by atoms with van der Waals surface area (Å²) in [5, 5.41) is 8.62. The van der Waals surface area contributed by atoms with Gasteiger partial charge in [0.25, 0.3) is 0 Å². The molecule has 3 nitrogen and oxygen atoms in total. The zero-order chi connectivity index (χ0) is 13.6. The summed E-state index contributed by atoms with van der Waals surface area (Å²) in [5.41, 5.74) is 5.73. The van der Waals surface area contributed by atoms with Crippen LogP contribution >= 0.6 is 22.9 Å². The molecular weight excluding hydrogens is 258 g/mol. The van der Waals surface area contributed by atoms with E-state index in [-0.39, 0.29) is 10.9 Å². The Labute approximate surface area is 112 Å². The van der Waals surface area contributed by atoms with Gasteiger partial charge < -0.3 is 10.8 Å². The third-order valence-corrected chi connectivity index (χ3v) is 2.85. The number of alkyl halides is 1. The van der Waals surface area contributed by atoms with E-state index in [9.17, 15) is 4.79 Å². The molecule has 98 valence electrons. The van der Waals surface area contributed by atoms with Gasteiger partial charge in [-0.1, -0.05) is 6.92 Å². The van der Waals surface area contributed by atoms with Gasteiger partial charge in [0.15, 0.2) is 0 Å². The van der Waals surface area contributed by atoms with Gasteiger partial charge in [-0.25, -0.2) is 4.79 Å². The highest BCUT2D eigenvalue weighted by atomic mass is 35.5. The van der Waals surface area contributed by atoms with E-state index in [0.29, 0.717) is 4.88 Å². The van der Waals surface area contributed by atoms with Crippen molar-refractivity contribution in [3.05, 3.63) is 21.9 Å². The molecule has 17 heavy (non-hydrogen) atoms. The Hall–Kier alpha value is -0.580. The van der Waals surface area contributed by atoms with Gasteiger partial charge in [-0.2, -0.15) is 0 Å². The highest BCUT2D eigenvalue weighted by Gasteiger charge is 2.10. The van der Waals surface area contributed by atoms with Crippen LogP contribution in [-0.4, -0.2) is 16.0 Å². The summed E-state index contributed by atoms with van der Waals surface area (Å²) in [6.45, 7) is 7.84. The summed E-state index contributed by atoms with van der Waals surface area (Å²) in [5.74, 6) is -0.880. The molecular formula is C12H20ClNO2S. The lowest BCUT2D eigenvalue weighted by Crippen LogP contribution is -2.05. The van der Waals surface area contributed by atoms with E-state index in [1.807, 2.05) is 27.7 Å². The maximum atomic E-state index is 10.5. The minimum Gasteiger partial charge on any atom is -0.477 e. The summed E-state index contributed by atoms with van der Waals surface area (Å²) in [4.78, 5) is 11.8. The minimum atomic E-state index is -0.880. The number of carboxylic acids is 1. The Kier molecular flexibility index (Phi) is 6.75. The lowest BCUT2D eigenvalue weighted by atomic mass is 10.2. The second kappa shape index (κ2) is 6.99. The predicted molar refractivity (Wildman–Crippen MR) is 74.1 cm³/mol. The van der Waals surface area contributed by atoms with Gasteiger partial charge in [-0.3, -0.25) is 0 Å². The van der Waals surface area contributed by atoms with Crippen molar-refractivity contribution in [3.8, 4) is 0 Å². The number of carbonyl (C=O) groups is 1. The van der Waals surface area contributed by atoms with Crippen molar-refractivity contribution in [2.24, 2.45) is 5.73 Å². The van der Waals surface area contributed by atoms with Crippen molar-refractivity contribution >= 4 is 28.9 Å². The van der Waals surface area contributed by atoms with Gasteiger partial charge >= 0.3 is 5.97 Å². The monoisotopic (exact) mass is 277 g/mol. The van der Waals surface area contributed by atoms with Crippen molar-refractivity contribution in [1.82, 2.24) is 0 Å². The standard InChI is InChI=1S/C8H11NO2S.C4H9Cl/c1-2-5(9)6-3-4-7(12-6)8(10)11;1-4(2,3)5/h3-5H,2,9H2,1H3,(H,10,11);1-3H3. The zero-order valence-corrected chi connectivity index (χ0v) is 12.2. The van der Waals surface area contributed by atoms with Crippen LogP contribution in [0.2, 0.25) is 0 Å². The first-order chi connectivity index (χ1) is 7.65. The maximum Gasteiger partial charge on any atom is 0.345 e. The number of hydrogen-bond donors (Lipinski definition) is 2. The van der Waals surface area contributed by atoms with Gasteiger partial charge in [-0.15, -0.1) is 22.9 Å². The topological polar surface area (TPSA) is 63.3 Å². The van der Waals surface area contributed by atoms with Crippen molar-refractivity contribution in [2.75, 3.05) is 0 Å². The molecule has 0 aliphatic heterocycles. The highest BCUT2D eigenvalue weighted by molar-refractivity contribution is 7.14. The molecule has 5 heteroatoms. The first kappa shape index (κ1) is 16.4. The number of aromatic carboxylic acids is 1. The Bertz CT molecular complexity index is 352. The van der Waals surface area contributed by atoms with Gasteiger partial charge in [0.05, 0.1) is 0 Å². The second-order valence-corrected chi connectivity index (χ2v) is 6.84. The molecule has 1 heterocycles. The highest BCUT2D eigenvalue weighted by Crippen LogP contribution is 2.23. The number of nitrogens with two attached hydrogens (primary N) is 1. The van der Waals surface area contributed by atoms with Crippen LogP contribution in [0.15, 0.2) is 12.1 Å². The molecule has 1 aromatic heterocycles. The fraction of sp³-hybridized carbons (Fsp3) is 0.583. The number of thiophene rings is 1. The fourth-order valence-corrected chi connectivity index (χ4v) is 1.80. The van der Waals surface area contributed by atoms with Crippen LogP contribution in [0.1, 0.15) is 54.7 Å². The third-order valence-electron chi connectivity index (χ3n) is 1.64. The fourth-order valence-electron chi connectivity index (χ4n) is 0.868. The van der Waals surface area contributed by atoms with E-state index >= 15 is 0 Å². The number of halogens is 1. The second-order valence-electron chi connectivity index (χ2n) is 4.59. The Morgan fingerprint density at radius 3 is 2.29 bits per heavy atom. The van der Waals surface area contributed by atoms with E-state index in [1.165, 1.54) is 11.3 Å². The first-order valence-corrected chi connectivity index (χ1v) is 6.62. The summed E-state index contributed by atoms with van der Waals surface area (Å²) in [6, 6.07) is 3.35. The van der Waals surface area contributed by atoms with E-state index in [2.05, 4.69) is 0 Å². The smallest absolute Gasteiger partial charge is 0.345 e. The number of carboxylic acid groups (broad SMARTS) is 1. The molecule has 1 rings (SSSR count). The third kappa shape index (κ3) is 8.18. The zero-order valence-electron chi connectivity index (χ0n) is 10.7. The molecule has 1 atom stereocenters. The van der Waals surface area contributed by atoms with E-state index in [1.54, 1.807) is 12.1 Å². The van der Waals surface area contributed by atoms with Gasteiger partial charge in [0, 0.05) is 15.8 Å². The normalized spacial score (nSPS) is 12.6. The Morgan fingerprint density at radius 2 is 2.00 bits per heavy atom. The predicted octanol–water partition coefficient (Wildman–Crippen LogP) is 3.88. The van der Waals surface area contributed by atoms with E-state index < -0.39 is 5.97 Å². The Morgan fingerprint density at radius 1 is 1.53 bits per heavy atom. The van der Waals surface area contributed by atoms with Crippen molar-refractivity contribution in [3.63, 3.8) is 0 Å². The number of rotatable bonds is 3. The summed E-state index contributed by atoms with van der Waals surface area (Å²) >= 11 is 6.78. The molecule has 0 bridgehead atoms. The first-order valence-electron chi connectivity index (χ1n) is 5.42. The van der Waals surface area contributed by atoms with Crippen LogP contribution in [0.4, 0.5) is 0 Å². The summed E-state index contributed by atoms with van der Waals surface area (Å²) in [6.07, 6.45) is 0.833. The van der Waals surface area contributed by atoms with Gasteiger partial charge in [-0.05, 0) is 39.3 Å². The largest absolute Gasteiger partial charge is 0.477 e. The maximum absolute atomic E-state index is 10.5. The molecule has 0 aliphatic rings. The van der Waals surface area contributed by atoms with Crippen molar-refractivity contribution in [1.29, 1.82) is 0 Å². The molecule has 0 saturated heterocycles. The molecule has 1 aromatic rings. The SMILES string of the molecule is CC(C)(C)Cl.CCC(N)c1ccc(C(=O)O)s1. The van der Waals surface area contributed by atoms with Crippen molar-refractivity contribution in [2.45, 2.75) is 45.0 Å². The van der Waals surface area contributed by atoms with Crippen LogP contribution in [0, 0.1) is 0 Å². The van der Waals surface area contributed by atoms with Crippen LogP contribution < -0.4 is 5.73 Å². The molecule has 0 spiro atoms. The lowest BCUT2D eigenvalue weighted by Gasteiger charge is -2.03. The van der Waals surface area contributed by atoms with Gasteiger partial charge in [0.2, 0.25) is 0 Å². The lowest BCUT2D eigenvalue weighted by molar-refractivity contribution is 0.0702. The summed E-state index contributed by atoms with van der Waals surface area (Å²) in [7, 11) is 0. The van der Waals surface area contributed by atoms with Crippen LogP contribution in [-0.2, 0) is 0 Å². The molecule has 0 fully saturated rings. The molecule has 0 aliphatic carbocycles. The quantitative estimate of drug-likeness (QED) is 0.824.